The first-order valence-corrected chi connectivity index (χ1v) is 7.04. The summed E-state index contributed by atoms with van der Waals surface area (Å²) in [4.78, 5) is 17.6. The molecule has 0 bridgehead atoms. The molecule has 1 saturated heterocycles. The van der Waals surface area contributed by atoms with E-state index in [-0.39, 0.29) is 5.91 Å². The maximum Gasteiger partial charge on any atom is 0.222 e. The Labute approximate surface area is 115 Å². The lowest BCUT2D eigenvalue weighted by atomic mass is 9.91. The van der Waals surface area contributed by atoms with Gasteiger partial charge in [-0.25, -0.2) is 4.98 Å². The summed E-state index contributed by atoms with van der Waals surface area (Å²) in [7, 11) is 2.19. The molecule has 1 aromatic heterocycles. The minimum Gasteiger partial charge on any atom is -0.311 e. The highest BCUT2D eigenvalue weighted by Gasteiger charge is 2.16. The number of nitrogens with zero attached hydrogens (tertiary/aromatic N) is 2. The molecule has 4 heteroatoms. The van der Waals surface area contributed by atoms with Gasteiger partial charge in [0.15, 0.2) is 0 Å². The fourth-order valence-electron chi connectivity index (χ4n) is 2.60. The van der Waals surface area contributed by atoms with Crippen molar-refractivity contribution in [3.05, 3.63) is 23.9 Å². The van der Waals surface area contributed by atoms with Crippen LogP contribution in [0.15, 0.2) is 18.3 Å². The average Bonchev–Trinajstić information content (AvgIpc) is 2.38. The first-order chi connectivity index (χ1) is 9.13. The lowest BCUT2D eigenvalue weighted by Crippen LogP contribution is -2.30. The third kappa shape index (κ3) is 4.63. The first-order valence-electron chi connectivity index (χ1n) is 7.04. The molecule has 2 rings (SSSR count). The van der Waals surface area contributed by atoms with Crippen molar-refractivity contribution in [3.63, 3.8) is 0 Å². The molecule has 0 aliphatic carbocycles. The molecule has 0 saturated carbocycles. The summed E-state index contributed by atoms with van der Waals surface area (Å²) in [5, 5.41) is 2.73. The SMILES string of the molecule is CC(=O)Nc1cc(CCC2CCN(C)CC2)ccn1. The summed E-state index contributed by atoms with van der Waals surface area (Å²) < 4.78 is 0. The van der Waals surface area contributed by atoms with Crippen LogP contribution in [0.3, 0.4) is 0 Å². The Bertz CT molecular complexity index is 425. The van der Waals surface area contributed by atoms with Crippen LogP contribution in [0.2, 0.25) is 0 Å². The zero-order valence-corrected chi connectivity index (χ0v) is 11.9. The molecule has 1 amide bonds. The molecule has 1 N–H and O–H groups in total. The topological polar surface area (TPSA) is 45.2 Å². The minimum absolute atomic E-state index is 0.0695. The molecule has 1 aromatic rings. The van der Waals surface area contributed by atoms with Crippen LogP contribution < -0.4 is 5.32 Å². The molecule has 4 nitrogen and oxygen atoms in total. The Kier molecular flexibility index (Phi) is 4.91. The molecule has 0 unspecified atom stereocenters. The monoisotopic (exact) mass is 261 g/mol. The molecule has 2 heterocycles. The van der Waals surface area contributed by atoms with Gasteiger partial charge in [-0.1, -0.05) is 0 Å². The molecule has 0 atom stereocenters. The molecule has 1 fully saturated rings. The second-order valence-corrected chi connectivity index (χ2v) is 5.52. The number of carbonyl (C=O) groups is 1. The number of aromatic nitrogens is 1. The van der Waals surface area contributed by atoms with E-state index >= 15 is 0 Å². The van der Waals surface area contributed by atoms with Crippen molar-refractivity contribution in [1.82, 2.24) is 9.88 Å². The first kappa shape index (κ1) is 14.0. The van der Waals surface area contributed by atoms with E-state index in [1.807, 2.05) is 12.1 Å². The van der Waals surface area contributed by atoms with Gasteiger partial charge < -0.3 is 10.2 Å². The van der Waals surface area contributed by atoms with Crippen molar-refractivity contribution >= 4 is 11.7 Å². The molecular weight excluding hydrogens is 238 g/mol. The predicted octanol–water partition coefficient (Wildman–Crippen LogP) is 2.31. The number of rotatable bonds is 4. The number of nitrogens with one attached hydrogen (secondary N) is 1. The van der Waals surface area contributed by atoms with Crippen LogP contribution in [0.5, 0.6) is 0 Å². The highest BCUT2D eigenvalue weighted by molar-refractivity contribution is 5.87. The van der Waals surface area contributed by atoms with Gasteiger partial charge in [0.2, 0.25) is 5.91 Å². The number of hydrogen-bond donors (Lipinski definition) is 1. The number of likely N-dealkylation sites (tertiary alicyclic amines) is 1. The van der Waals surface area contributed by atoms with Crippen molar-refractivity contribution in [2.45, 2.75) is 32.6 Å². The van der Waals surface area contributed by atoms with E-state index in [0.29, 0.717) is 5.82 Å². The molecule has 19 heavy (non-hydrogen) atoms. The summed E-state index contributed by atoms with van der Waals surface area (Å²) >= 11 is 0. The third-order valence-corrected chi connectivity index (χ3v) is 3.81. The number of carbonyl (C=O) groups excluding carboxylic acids is 1. The van der Waals surface area contributed by atoms with E-state index in [2.05, 4.69) is 22.2 Å². The highest BCUT2D eigenvalue weighted by Crippen LogP contribution is 2.22. The number of anilines is 1. The molecule has 0 spiro atoms. The van der Waals surface area contributed by atoms with Crippen LogP contribution in [-0.2, 0) is 11.2 Å². The summed E-state index contributed by atoms with van der Waals surface area (Å²) in [5.74, 6) is 1.43. The zero-order valence-electron chi connectivity index (χ0n) is 11.9. The lowest BCUT2D eigenvalue weighted by Gasteiger charge is -2.28. The number of pyridine rings is 1. The van der Waals surface area contributed by atoms with E-state index in [4.69, 9.17) is 0 Å². The van der Waals surface area contributed by atoms with E-state index < -0.39 is 0 Å². The summed E-state index contributed by atoms with van der Waals surface area (Å²) in [6.07, 6.45) is 6.69. The Hall–Kier alpha value is -1.42. The van der Waals surface area contributed by atoms with Gasteiger partial charge in [0.1, 0.15) is 5.82 Å². The van der Waals surface area contributed by atoms with E-state index in [1.54, 1.807) is 6.20 Å². The summed E-state index contributed by atoms with van der Waals surface area (Å²) in [5.41, 5.74) is 1.26. The van der Waals surface area contributed by atoms with E-state index in [9.17, 15) is 4.79 Å². The van der Waals surface area contributed by atoms with Crippen LogP contribution in [0.1, 0.15) is 31.7 Å². The Balaban J connectivity index is 1.83. The molecule has 0 aromatic carbocycles. The van der Waals surface area contributed by atoms with Crippen LogP contribution in [0, 0.1) is 5.92 Å². The number of amides is 1. The molecule has 0 radical (unpaired) electrons. The average molecular weight is 261 g/mol. The normalized spacial score (nSPS) is 17.4. The Morgan fingerprint density at radius 2 is 2.21 bits per heavy atom. The third-order valence-electron chi connectivity index (χ3n) is 3.81. The molecular formula is C15H23N3O. The fraction of sp³-hybridized carbons (Fsp3) is 0.600. The van der Waals surface area contributed by atoms with Gasteiger partial charge in [0.25, 0.3) is 0 Å². The Morgan fingerprint density at radius 3 is 2.89 bits per heavy atom. The van der Waals surface area contributed by atoms with Gasteiger partial charge in [-0.3, -0.25) is 4.79 Å². The van der Waals surface area contributed by atoms with Crippen molar-refractivity contribution in [2.24, 2.45) is 5.92 Å². The van der Waals surface area contributed by atoms with Gasteiger partial charge in [-0.05, 0) is 69.4 Å². The number of aryl methyl sites for hydroxylation is 1. The van der Waals surface area contributed by atoms with Crippen LogP contribution in [-0.4, -0.2) is 35.9 Å². The van der Waals surface area contributed by atoms with Gasteiger partial charge in [-0.15, -0.1) is 0 Å². The summed E-state index contributed by atoms with van der Waals surface area (Å²) in [6, 6.07) is 4.02. The van der Waals surface area contributed by atoms with Gasteiger partial charge in [-0.2, -0.15) is 0 Å². The minimum atomic E-state index is -0.0695. The van der Waals surface area contributed by atoms with Crippen LogP contribution >= 0.6 is 0 Å². The van der Waals surface area contributed by atoms with Gasteiger partial charge in [0.05, 0.1) is 0 Å². The van der Waals surface area contributed by atoms with Crippen molar-refractivity contribution in [3.8, 4) is 0 Å². The van der Waals surface area contributed by atoms with Crippen molar-refractivity contribution in [1.29, 1.82) is 0 Å². The second-order valence-electron chi connectivity index (χ2n) is 5.52. The lowest BCUT2D eigenvalue weighted by molar-refractivity contribution is -0.114. The van der Waals surface area contributed by atoms with Gasteiger partial charge in [0, 0.05) is 13.1 Å². The maximum absolute atomic E-state index is 11.0. The van der Waals surface area contributed by atoms with Gasteiger partial charge >= 0.3 is 0 Å². The van der Waals surface area contributed by atoms with Crippen molar-refractivity contribution in [2.75, 3.05) is 25.5 Å². The number of piperidine rings is 1. The zero-order chi connectivity index (χ0) is 13.7. The smallest absolute Gasteiger partial charge is 0.222 e. The predicted molar refractivity (Wildman–Crippen MR) is 77.1 cm³/mol. The van der Waals surface area contributed by atoms with Crippen LogP contribution in [0.4, 0.5) is 5.82 Å². The second kappa shape index (κ2) is 6.66. The fourth-order valence-corrected chi connectivity index (χ4v) is 2.60. The Morgan fingerprint density at radius 1 is 1.47 bits per heavy atom. The molecule has 1 aliphatic rings. The summed E-state index contributed by atoms with van der Waals surface area (Å²) in [6.45, 7) is 3.95. The van der Waals surface area contributed by atoms with Crippen molar-refractivity contribution < 1.29 is 4.79 Å². The van der Waals surface area contributed by atoms with E-state index in [0.717, 1.165) is 12.3 Å². The standard InChI is InChI=1S/C15H23N3O/c1-12(19)17-15-11-14(5-8-16-15)4-3-13-6-9-18(2)10-7-13/h5,8,11,13H,3-4,6-7,9-10H2,1-2H3,(H,16,17,19). The van der Waals surface area contributed by atoms with Crippen LogP contribution in [0.25, 0.3) is 0 Å². The highest BCUT2D eigenvalue weighted by atomic mass is 16.1. The van der Waals surface area contributed by atoms with E-state index in [1.165, 1.54) is 44.8 Å². The molecule has 104 valence electrons. The molecule has 1 aliphatic heterocycles. The quantitative estimate of drug-likeness (QED) is 0.904. The maximum atomic E-state index is 11.0. The largest absolute Gasteiger partial charge is 0.311 e. The number of hydrogen-bond acceptors (Lipinski definition) is 3.